The van der Waals surface area contributed by atoms with Crippen molar-refractivity contribution in [1.29, 1.82) is 10.8 Å². The van der Waals surface area contributed by atoms with Crippen LogP contribution in [0.2, 0.25) is 0 Å². The number of pyridine rings is 4. The maximum atomic E-state index is 8.63. The third-order valence-electron chi connectivity index (χ3n) is 7.10. The van der Waals surface area contributed by atoms with Gasteiger partial charge in [-0.25, -0.2) is 9.97 Å². The van der Waals surface area contributed by atoms with Crippen molar-refractivity contribution in [2.45, 2.75) is 0 Å². The van der Waals surface area contributed by atoms with Crippen LogP contribution in [0.25, 0.3) is 45.0 Å². The number of hydrogen-bond donors (Lipinski definition) is 3. The van der Waals surface area contributed by atoms with Gasteiger partial charge in [0.2, 0.25) is 0 Å². The molecule has 4 aromatic heterocycles. The number of nitrogens with two attached hydrogens (primary N) is 1. The van der Waals surface area contributed by atoms with Gasteiger partial charge < -0.3 is 5.73 Å². The highest BCUT2D eigenvalue weighted by Gasteiger charge is 2.23. The first-order chi connectivity index (χ1) is 22.1. The number of hydrogen-bond acceptors (Lipinski definition) is 7. The summed E-state index contributed by atoms with van der Waals surface area (Å²) in [5.74, 6) is 0. The SMILES string of the molecule is N=C1C(=N)C(c2cccc(-c3ccccn3)n2)=CC=C1c1cccc(-c2ccccn2)n1.Nc1cccc(-c2ccccc2)c1. The molecule has 0 fully saturated rings. The van der Waals surface area contributed by atoms with E-state index in [0.717, 1.165) is 28.5 Å². The van der Waals surface area contributed by atoms with Crippen molar-refractivity contribution in [3.8, 4) is 33.9 Å². The summed E-state index contributed by atoms with van der Waals surface area (Å²) in [6, 6.07) is 40.7. The first-order valence-electron chi connectivity index (χ1n) is 14.4. The molecule has 1 aliphatic carbocycles. The number of nitrogens with one attached hydrogen (secondary N) is 2. The van der Waals surface area contributed by atoms with Crippen LogP contribution in [0.4, 0.5) is 5.69 Å². The Morgan fingerprint density at radius 2 is 0.867 bits per heavy atom. The van der Waals surface area contributed by atoms with Crippen LogP contribution in [0, 0.1) is 10.8 Å². The lowest BCUT2D eigenvalue weighted by Gasteiger charge is -2.17. The van der Waals surface area contributed by atoms with E-state index in [1.54, 1.807) is 12.4 Å². The molecule has 0 spiro atoms. The molecule has 0 atom stereocenters. The molecule has 0 saturated carbocycles. The van der Waals surface area contributed by atoms with Gasteiger partial charge in [0.25, 0.3) is 0 Å². The second kappa shape index (κ2) is 13.3. The standard InChI is InChI=1S/C26H18N6.C12H11N/c27-25-17(19-9-5-11-23(31-19)21-7-1-3-15-29-21)13-14-18(26(25)28)20-10-6-12-24(32-20)22-8-2-4-16-30-22;13-12-8-4-7-11(9-12)10-5-2-1-3-6-10/h1-16,27-28H;1-9H,13H2. The number of nitrogen functional groups attached to an aromatic ring is 1. The minimum Gasteiger partial charge on any atom is -0.399 e. The summed E-state index contributed by atoms with van der Waals surface area (Å²) in [6.07, 6.45) is 7.11. The van der Waals surface area contributed by atoms with E-state index in [2.05, 4.69) is 38.1 Å². The predicted octanol–water partition coefficient (Wildman–Crippen LogP) is 8.06. The molecule has 0 amide bonds. The van der Waals surface area contributed by atoms with Crippen molar-refractivity contribution in [1.82, 2.24) is 19.9 Å². The van der Waals surface area contributed by atoms with Crippen molar-refractivity contribution in [3.63, 3.8) is 0 Å². The monoisotopic (exact) mass is 583 g/mol. The van der Waals surface area contributed by atoms with Crippen LogP contribution in [0.3, 0.4) is 0 Å². The van der Waals surface area contributed by atoms with Gasteiger partial charge in [-0.05, 0) is 83.9 Å². The van der Waals surface area contributed by atoms with Gasteiger partial charge >= 0.3 is 0 Å². The molecule has 0 radical (unpaired) electrons. The van der Waals surface area contributed by atoms with Crippen LogP contribution in [0.1, 0.15) is 11.4 Å². The van der Waals surface area contributed by atoms with Crippen LogP contribution < -0.4 is 5.73 Å². The summed E-state index contributed by atoms with van der Waals surface area (Å²) in [4.78, 5) is 18.1. The Morgan fingerprint density at radius 1 is 0.422 bits per heavy atom. The van der Waals surface area contributed by atoms with E-state index >= 15 is 0 Å². The van der Waals surface area contributed by atoms with E-state index in [4.69, 9.17) is 16.6 Å². The molecule has 0 unspecified atom stereocenters. The number of benzene rings is 2. The molecule has 6 aromatic rings. The van der Waals surface area contributed by atoms with Gasteiger partial charge in [0.05, 0.1) is 45.6 Å². The number of aromatic nitrogens is 4. The van der Waals surface area contributed by atoms with Gasteiger partial charge in [0.15, 0.2) is 0 Å². The zero-order valence-corrected chi connectivity index (χ0v) is 24.3. The van der Waals surface area contributed by atoms with Crippen molar-refractivity contribution >= 4 is 28.3 Å². The Labute approximate surface area is 261 Å². The zero-order chi connectivity index (χ0) is 31.0. The van der Waals surface area contributed by atoms with E-state index in [1.807, 2.05) is 121 Å². The molecule has 7 rings (SSSR count). The van der Waals surface area contributed by atoms with Gasteiger partial charge in [0.1, 0.15) is 0 Å². The van der Waals surface area contributed by atoms with Gasteiger partial charge in [-0.15, -0.1) is 0 Å². The molecule has 1 aliphatic rings. The van der Waals surface area contributed by atoms with E-state index in [-0.39, 0.29) is 11.4 Å². The maximum absolute atomic E-state index is 8.63. The van der Waals surface area contributed by atoms with Gasteiger partial charge in [-0.1, -0.05) is 66.7 Å². The van der Waals surface area contributed by atoms with E-state index in [1.165, 1.54) is 11.1 Å². The molecule has 216 valence electrons. The van der Waals surface area contributed by atoms with Crippen molar-refractivity contribution < 1.29 is 0 Å². The van der Waals surface area contributed by atoms with Crippen molar-refractivity contribution in [2.24, 2.45) is 0 Å². The topological polar surface area (TPSA) is 125 Å². The fourth-order valence-electron chi connectivity index (χ4n) is 4.86. The number of anilines is 1. The molecule has 2 aromatic carbocycles. The lowest BCUT2D eigenvalue weighted by molar-refractivity contribution is 1.22. The highest BCUT2D eigenvalue weighted by atomic mass is 14.8. The summed E-state index contributed by atoms with van der Waals surface area (Å²) in [5.41, 5.74) is 14.5. The maximum Gasteiger partial charge on any atom is 0.0893 e. The average molecular weight is 584 g/mol. The van der Waals surface area contributed by atoms with E-state index in [9.17, 15) is 0 Å². The highest BCUT2D eigenvalue weighted by molar-refractivity contribution is 6.68. The minimum absolute atomic E-state index is 0.109. The first kappa shape index (κ1) is 28.8. The fourth-order valence-corrected chi connectivity index (χ4v) is 4.86. The Bertz CT molecular complexity index is 1920. The van der Waals surface area contributed by atoms with E-state index < -0.39 is 0 Å². The molecule has 7 heteroatoms. The van der Waals surface area contributed by atoms with Gasteiger partial charge in [0, 0.05) is 29.2 Å². The normalized spacial score (nSPS) is 12.4. The smallest absolute Gasteiger partial charge is 0.0893 e. The second-order valence-electron chi connectivity index (χ2n) is 10.1. The van der Waals surface area contributed by atoms with Crippen LogP contribution in [0.5, 0.6) is 0 Å². The molecule has 0 saturated heterocycles. The number of rotatable bonds is 5. The Kier molecular flexibility index (Phi) is 8.51. The number of allylic oxidation sites excluding steroid dienone is 4. The van der Waals surface area contributed by atoms with Crippen LogP contribution in [-0.2, 0) is 0 Å². The molecule has 4 heterocycles. The van der Waals surface area contributed by atoms with Gasteiger partial charge in [-0.2, -0.15) is 0 Å². The average Bonchev–Trinajstić information content (AvgIpc) is 3.11. The molecule has 0 aliphatic heterocycles. The Balaban J connectivity index is 0.000000229. The summed E-state index contributed by atoms with van der Waals surface area (Å²) < 4.78 is 0. The third kappa shape index (κ3) is 6.68. The minimum atomic E-state index is 0.109. The lowest BCUT2D eigenvalue weighted by atomic mass is 9.90. The molecular weight excluding hydrogens is 554 g/mol. The van der Waals surface area contributed by atoms with E-state index in [0.29, 0.717) is 22.5 Å². The zero-order valence-electron chi connectivity index (χ0n) is 24.3. The van der Waals surface area contributed by atoms with Gasteiger partial charge in [-0.3, -0.25) is 20.8 Å². The fraction of sp³-hybridized carbons (Fsp3) is 0. The van der Waals surface area contributed by atoms with Crippen molar-refractivity contribution in [3.05, 3.63) is 163 Å². The highest BCUT2D eigenvalue weighted by Crippen LogP contribution is 2.28. The Hall–Kier alpha value is -6.34. The van der Waals surface area contributed by atoms with Crippen molar-refractivity contribution in [2.75, 3.05) is 5.73 Å². The van der Waals surface area contributed by atoms with Crippen LogP contribution >= 0.6 is 0 Å². The summed E-state index contributed by atoms with van der Waals surface area (Å²) in [5, 5.41) is 17.3. The molecule has 45 heavy (non-hydrogen) atoms. The molecule has 0 bridgehead atoms. The third-order valence-corrected chi connectivity index (χ3v) is 7.10. The Morgan fingerprint density at radius 3 is 1.36 bits per heavy atom. The molecule has 7 nitrogen and oxygen atoms in total. The quantitative estimate of drug-likeness (QED) is 0.140. The van der Waals surface area contributed by atoms with Crippen LogP contribution in [-0.4, -0.2) is 31.4 Å². The summed E-state index contributed by atoms with van der Waals surface area (Å²) in [6.45, 7) is 0. The van der Waals surface area contributed by atoms with Crippen LogP contribution in [0.15, 0.2) is 152 Å². The number of nitrogens with zero attached hydrogens (tertiary/aromatic N) is 4. The predicted molar refractivity (Wildman–Crippen MR) is 183 cm³/mol. The largest absolute Gasteiger partial charge is 0.399 e. The molecular formula is C38H29N7. The summed E-state index contributed by atoms with van der Waals surface area (Å²) in [7, 11) is 0. The first-order valence-corrected chi connectivity index (χ1v) is 14.4. The second-order valence-corrected chi connectivity index (χ2v) is 10.1. The summed E-state index contributed by atoms with van der Waals surface area (Å²) >= 11 is 0. The lowest BCUT2D eigenvalue weighted by Crippen LogP contribution is -2.20. The molecule has 4 N–H and O–H groups in total.